The summed E-state index contributed by atoms with van der Waals surface area (Å²) in [6, 6.07) is 16.0. The number of fused-ring (bicyclic) bond motifs is 1. The van der Waals surface area contributed by atoms with E-state index in [-0.39, 0.29) is 6.03 Å². The molecule has 0 spiro atoms. The van der Waals surface area contributed by atoms with Crippen LogP contribution in [0.15, 0.2) is 48.8 Å². The SMILES string of the molecule is CC(C)N1CCC[C@@H](c2ccc(-c3cc4c(N5CCN(C(=O)NCCC#N)CC5)ccnn4c3)cc2)C1. The summed E-state index contributed by atoms with van der Waals surface area (Å²) >= 11 is 0. The molecule has 2 aliphatic rings. The number of piperazine rings is 1. The summed E-state index contributed by atoms with van der Waals surface area (Å²) in [6.45, 7) is 10.2. The van der Waals surface area contributed by atoms with Crippen molar-refractivity contribution in [2.45, 2.75) is 45.1 Å². The molecule has 194 valence electrons. The normalized spacial score (nSPS) is 18.8. The molecule has 1 atom stereocenters. The number of carbonyl (C=O) groups excluding carboxylic acids is 1. The van der Waals surface area contributed by atoms with Gasteiger partial charge in [0, 0.05) is 63.3 Å². The van der Waals surface area contributed by atoms with Crippen molar-refractivity contribution in [2.24, 2.45) is 0 Å². The molecule has 0 unspecified atom stereocenters. The average molecular weight is 500 g/mol. The van der Waals surface area contributed by atoms with E-state index in [4.69, 9.17) is 5.26 Å². The highest BCUT2D eigenvalue weighted by Gasteiger charge is 2.24. The molecule has 4 heterocycles. The fourth-order valence-corrected chi connectivity index (χ4v) is 5.61. The topological polar surface area (TPSA) is 79.9 Å². The van der Waals surface area contributed by atoms with Gasteiger partial charge in [0.05, 0.1) is 23.7 Å². The van der Waals surface area contributed by atoms with Crippen LogP contribution in [0.4, 0.5) is 10.5 Å². The molecular weight excluding hydrogens is 462 g/mol. The Kier molecular flexibility index (Phi) is 7.61. The summed E-state index contributed by atoms with van der Waals surface area (Å²) in [4.78, 5) is 19.1. The van der Waals surface area contributed by atoms with Gasteiger partial charge in [-0.1, -0.05) is 24.3 Å². The molecule has 8 nitrogen and oxygen atoms in total. The maximum Gasteiger partial charge on any atom is 0.317 e. The molecule has 1 N–H and O–H groups in total. The van der Waals surface area contributed by atoms with Crippen LogP contribution in [0, 0.1) is 11.3 Å². The average Bonchev–Trinajstić information content (AvgIpc) is 3.38. The maximum atomic E-state index is 12.3. The van der Waals surface area contributed by atoms with Gasteiger partial charge in [-0.3, -0.25) is 0 Å². The third-order valence-electron chi connectivity index (χ3n) is 7.81. The summed E-state index contributed by atoms with van der Waals surface area (Å²) in [5.41, 5.74) is 6.02. The van der Waals surface area contributed by atoms with Crippen LogP contribution in [0.5, 0.6) is 0 Å². The lowest BCUT2D eigenvalue weighted by Gasteiger charge is -2.36. The minimum absolute atomic E-state index is 0.0895. The van der Waals surface area contributed by atoms with Crippen molar-refractivity contribution < 1.29 is 4.79 Å². The predicted molar refractivity (Wildman–Crippen MR) is 147 cm³/mol. The number of benzene rings is 1. The molecule has 2 amide bonds. The fourth-order valence-electron chi connectivity index (χ4n) is 5.61. The number of urea groups is 1. The molecule has 0 radical (unpaired) electrons. The Morgan fingerprint density at radius 1 is 1.11 bits per heavy atom. The molecule has 1 aromatic carbocycles. The number of nitrogens with zero attached hydrogens (tertiary/aromatic N) is 6. The standard InChI is InChI=1S/C29H37N7O/c1-22(2)35-14-3-5-25(20-35)23-6-8-24(9-7-23)26-19-28-27(10-13-32-36(28)21-26)33-15-17-34(18-16-33)29(37)31-12-4-11-30/h6-10,13,19,21-22,25H,3-5,12,14-18,20H2,1-2H3,(H,31,37)/t25-/m1/s1. The van der Waals surface area contributed by atoms with Gasteiger partial charge in [0.2, 0.25) is 0 Å². The molecule has 8 heteroatoms. The Labute approximate surface area is 219 Å². The second-order valence-electron chi connectivity index (χ2n) is 10.4. The summed E-state index contributed by atoms with van der Waals surface area (Å²) in [6.07, 6.45) is 6.82. The van der Waals surface area contributed by atoms with Gasteiger partial charge >= 0.3 is 6.03 Å². The van der Waals surface area contributed by atoms with E-state index < -0.39 is 0 Å². The second kappa shape index (κ2) is 11.2. The van der Waals surface area contributed by atoms with Gasteiger partial charge in [0.15, 0.2) is 0 Å². The first-order valence-corrected chi connectivity index (χ1v) is 13.5. The number of nitriles is 1. The number of aromatic nitrogens is 2. The predicted octanol–water partition coefficient (Wildman–Crippen LogP) is 4.33. The zero-order valence-electron chi connectivity index (χ0n) is 21.9. The number of piperidine rings is 1. The van der Waals surface area contributed by atoms with Gasteiger partial charge in [-0.15, -0.1) is 0 Å². The number of nitrogens with one attached hydrogen (secondary N) is 1. The Morgan fingerprint density at radius 2 is 1.89 bits per heavy atom. The van der Waals surface area contributed by atoms with Crippen LogP contribution < -0.4 is 10.2 Å². The first kappa shape index (κ1) is 25.1. The van der Waals surface area contributed by atoms with E-state index in [1.54, 1.807) is 0 Å². The van der Waals surface area contributed by atoms with E-state index in [1.807, 2.05) is 15.6 Å². The molecule has 0 aliphatic carbocycles. The van der Waals surface area contributed by atoms with Gasteiger partial charge in [-0.2, -0.15) is 10.4 Å². The Hall–Kier alpha value is -3.57. The third-order valence-corrected chi connectivity index (χ3v) is 7.81. The minimum Gasteiger partial charge on any atom is -0.366 e. The summed E-state index contributed by atoms with van der Waals surface area (Å²) in [5.74, 6) is 0.610. The van der Waals surface area contributed by atoms with E-state index in [0.717, 1.165) is 36.4 Å². The lowest BCUT2D eigenvalue weighted by molar-refractivity contribution is 0.167. The molecule has 3 aromatic rings. The summed E-state index contributed by atoms with van der Waals surface area (Å²) < 4.78 is 1.96. The van der Waals surface area contributed by atoms with E-state index in [2.05, 4.69) is 82.7 Å². The molecule has 2 fully saturated rings. The van der Waals surface area contributed by atoms with Gasteiger partial charge in [0.1, 0.15) is 0 Å². The van der Waals surface area contributed by atoms with Gasteiger partial charge in [-0.25, -0.2) is 9.31 Å². The molecule has 0 saturated carbocycles. The highest BCUT2D eigenvalue weighted by Crippen LogP contribution is 2.32. The molecular formula is C29H37N7O. The molecule has 2 aliphatic heterocycles. The van der Waals surface area contributed by atoms with Crippen LogP contribution in [0.2, 0.25) is 0 Å². The van der Waals surface area contributed by atoms with E-state index >= 15 is 0 Å². The van der Waals surface area contributed by atoms with Crippen molar-refractivity contribution in [1.29, 1.82) is 5.26 Å². The van der Waals surface area contributed by atoms with Crippen molar-refractivity contribution >= 4 is 17.2 Å². The first-order valence-electron chi connectivity index (χ1n) is 13.5. The van der Waals surface area contributed by atoms with Gasteiger partial charge < -0.3 is 20.0 Å². The molecule has 37 heavy (non-hydrogen) atoms. The number of anilines is 1. The van der Waals surface area contributed by atoms with Gasteiger partial charge in [-0.05, 0) is 62.4 Å². The molecule has 0 bridgehead atoms. The van der Waals surface area contributed by atoms with Crippen LogP contribution >= 0.6 is 0 Å². The zero-order chi connectivity index (χ0) is 25.8. The van der Waals surface area contributed by atoms with Gasteiger partial charge in [0.25, 0.3) is 0 Å². The largest absolute Gasteiger partial charge is 0.366 e. The third kappa shape index (κ3) is 5.57. The van der Waals surface area contributed by atoms with E-state index in [9.17, 15) is 4.79 Å². The zero-order valence-corrected chi connectivity index (χ0v) is 21.9. The summed E-state index contributed by atoms with van der Waals surface area (Å²) in [7, 11) is 0. The number of likely N-dealkylation sites (tertiary alicyclic amines) is 1. The van der Waals surface area contributed by atoms with Crippen molar-refractivity contribution in [3.8, 4) is 17.2 Å². The van der Waals surface area contributed by atoms with E-state index in [0.29, 0.717) is 38.0 Å². The Morgan fingerprint density at radius 3 is 2.62 bits per heavy atom. The summed E-state index contributed by atoms with van der Waals surface area (Å²) in [5, 5.41) is 16.1. The fraction of sp³-hybridized carbons (Fsp3) is 0.483. The van der Waals surface area contributed by atoms with Crippen LogP contribution in [0.3, 0.4) is 0 Å². The maximum absolute atomic E-state index is 12.3. The lowest BCUT2D eigenvalue weighted by atomic mass is 9.89. The van der Waals surface area contributed by atoms with Crippen LogP contribution in [0.25, 0.3) is 16.6 Å². The van der Waals surface area contributed by atoms with E-state index in [1.165, 1.54) is 30.5 Å². The van der Waals surface area contributed by atoms with Crippen molar-refractivity contribution in [1.82, 2.24) is 24.7 Å². The smallest absolute Gasteiger partial charge is 0.317 e. The number of hydrogen-bond donors (Lipinski definition) is 1. The Bertz CT molecular complexity index is 1250. The van der Waals surface area contributed by atoms with Crippen molar-refractivity contribution in [3.05, 3.63) is 54.4 Å². The number of amides is 2. The molecule has 2 saturated heterocycles. The highest BCUT2D eigenvalue weighted by molar-refractivity contribution is 5.80. The van der Waals surface area contributed by atoms with Crippen LogP contribution in [0.1, 0.15) is 44.6 Å². The molecule has 2 aromatic heterocycles. The monoisotopic (exact) mass is 499 g/mol. The second-order valence-corrected chi connectivity index (χ2v) is 10.4. The highest BCUT2D eigenvalue weighted by atomic mass is 16.2. The Balaban J connectivity index is 1.27. The quantitative estimate of drug-likeness (QED) is 0.511. The number of carbonyl (C=O) groups is 1. The lowest BCUT2D eigenvalue weighted by Crippen LogP contribution is -2.52. The van der Waals surface area contributed by atoms with Crippen molar-refractivity contribution in [2.75, 3.05) is 50.7 Å². The minimum atomic E-state index is -0.0895. The number of rotatable bonds is 6. The van der Waals surface area contributed by atoms with Crippen LogP contribution in [-0.4, -0.2) is 77.3 Å². The number of hydrogen-bond acceptors (Lipinski definition) is 5. The van der Waals surface area contributed by atoms with Crippen molar-refractivity contribution in [3.63, 3.8) is 0 Å². The van der Waals surface area contributed by atoms with Crippen LogP contribution in [-0.2, 0) is 0 Å². The first-order chi connectivity index (χ1) is 18.0. The molecule has 5 rings (SSSR count).